The minimum absolute atomic E-state index is 0. The van der Waals surface area contributed by atoms with Crippen molar-refractivity contribution in [2.45, 2.75) is 59.7 Å². The molecule has 6 aromatic rings. The van der Waals surface area contributed by atoms with Crippen LogP contribution in [0, 0.1) is 23.9 Å². The van der Waals surface area contributed by atoms with E-state index in [1.807, 2.05) is 36.4 Å². The number of halogens is 1. The van der Waals surface area contributed by atoms with Crippen LogP contribution in [-0.2, 0) is 26.5 Å². The Kier molecular flexibility index (Phi) is 10.7. The maximum atomic E-state index is 14.2. The second-order valence-corrected chi connectivity index (χ2v) is 17.8. The Morgan fingerprint density at radius 3 is 2.34 bits per heavy atom. The normalized spacial score (nSPS) is 11.5. The number of aromatic nitrogens is 2. The third-order valence-electron chi connectivity index (χ3n) is 7.52. The molecular weight excluding hydrogens is 740 g/mol. The predicted octanol–water partition coefficient (Wildman–Crippen LogP) is 10.0. The van der Waals surface area contributed by atoms with Gasteiger partial charge in [0.15, 0.2) is 0 Å². The van der Waals surface area contributed by atoms with Crippen molar-refractivity contribution in [1.82, 2.24) is 9.97 Å². The molecule has 229 valence electrons. The van der Waals surface area contributed by atoms with E-state index in [1.54, 1.807) is 24.4 Å². The molecule has 0 unspecified atom stereocenters. The molecule has 0 fully saturated rings. The largest absolute Gasteiger partial charge is 0.500 e. The Balaban J connectivity index is 0.000000199. The summed E-state index contributed by atoms with van der Waals surface area (Å²) in [6.07, 6.45) is 5.03. The van der Waals surface area contributed by atoms with E-state index in [0.29, 0.717) is 28.4 Å². The van der Waals surface area contributed by atoms with E-state index in [-0.39, 0.29) is 25.9 Å². The van der Waals surface area contributed by atoms with Crippen LogP contribution in [0.1, 0.15) is 44.7 Å². The van der Waals surface area contributed by atoms with Crippen molar-refractivity contribution in [3.63, 3.8) is 0 Å². The second-order valence-electron chi connectivity index (χ2n) is 12.8. The number of nitrogens with zero attached hydrogens (tertiary/aromatic N) is 2. The summed E-state index contributed by atoms with van der Waals surface area (Å²) in [4.78, 5) is 9.14. The van der Waals surface area contributed by atoms with E-state index in [2.05, 4.69) is 87.8 Å². The fraction of sp³-hybridized carbons (Fsp3) is 0.263. The van der Waals surface area contributed by atoms with Gasteiger partial charge in [-0.2, -0.15) is 0 Å². The van der Waals surface area contributed by atoms with Crippen LogP contribution in [0.4, 0.5) is 4.39 Å². The Bertz CT molecular complexity index is 1860. The molecule has 0 aliphatic carbocycles. The SMILES string of the molecule is CC(C)Cc1cc(-c2[c-]cccc2)ncc1[Si](C)(C)C.CC(C)c1ccnc(-c2[c-]ccc3c2oc2cccc(F)c23)c1.[Ir]. The summed E-state index contributed by atoms with van der Waals surface area (Å²) in [6.45, 7) is 16.0. The standard InChI is InChI=1S/C20H15FNO.C18H24NSi.Ir/c1-12(2)13-9-10-22-17(11-13)14-5-3-6-15-19-16(21)7-4-8-18(19)23-20(14)15;1-14(2)11-16-12-17(15-9-7-6-8-10-15)19-13-18(16)20(3,4)5;/h3-4,6-12H,1-2H3;6-9,12-14H,11H2,1-5H3;/q2*-1;. The van der Waals surface area contributed by atoms with E-state index in [9.17, 15) is 4.39 Å². The molecule has 6 heteroatoms. The molecule has 0 spiro atoms. The number of furan rings is 1. The average molecular weight is 779 g/mol. The van der Waals surface area contributed by atoms with Gasteiger partial charge in [0.05, 0.1) is 13.7 Å². The van der Waals surface area contributed by atoms with E-state index in [0.717, 1.165) is 34.3 Å². The number of rotatable bonds is 6. The third kappa shape index (κ3) is 7.43. The van der Waals surface area contributed by atoms with Gasteiger partial charge in [-0.25, -0.2) is 4.39 Å². The molecule has 3 heterocycles. The van der Waals surface area contributed by atoms with Gasteiger partial charge in [-0.05, 0) is 53.0 Å². The number of pyridine rings is 2. The van der Waals surface area contributed by atoms with Gasteiger partial charge in [-0.1, -0.05) is 87.6 Å². The van der Waals surface area contributed by atoms with Gasteiger partial charge in [0.25, 0.3) is 0 Å². The van der Waals surface area contributed by atoms with Gasteiger partial charge in [0.2, 0.25) is 0 Å². The Morgan fingerprint density at radius 1 is 0.864 bits per heavy atom. The molecule has 0 atom stereocenters. The molecule has 3 aromatic carbocycles. The van der Waals surface area contributed by atoms with Gasteiger partial charge in [-0.15, -0.1) is 54.1 Å². The van der Waals surface area contributed by atoms with Crippen LogP contribution >= 0.6 is 0 Å². The average Bonchev–Trinajstić information content (AvgIpc) is 3.37. The number of benzene rings is 3. The van der Waals surface area contributed by atoms with Crippen molar-refractivity contribution in [3.05, 3.63) is 114 Å². The van der Waals surface area contributed by atoms with Crippen LogP contribution in [0.25, 0.3) is 44.5 Å². The first-order valence-corrected chi connectivity index (χ1v) is 18.5. The Labute approximate surface area is 275 Å². The van der Waals surface area contributed by atoms with Crippen LogP contribution in [0.2, 0.25) is 19.6 Å². The zero-order valence-electron chi connectivity index (χ0n) is 26.5. The Hall–Kier alpha value is -3.44. The number of hydrogen-bond donors (Lipinski definition) is 0. The minimum Gasteiger partial charge on any atom is -0.500 e. The summed E-state index contributed by atoms with van der Waals surface area (Å²) in [6, 6.07) is 29.4. The van der Waals surface area contributed by atoms with E-state index >= 15 is 0 Å². The topological polar surface area (TPSA) is 38.9 Å². The van der Waals surface area contributed by atoms with Crippen molar-refractivity contribution in [1.29, 1.82) is 0 Å². The minimum atomic E-state index is -1.34. The Morgan fingerprint density at radius 2 is 1.66 bits per heavy atom. The monoisotopic (exact) mass is 779 g/mol. The van der Waals surface area contributed by atoms with E-state index in [4.69, 9.17) is 4.42 Å². The fourth-order valence-corrected chi connectivity index (χ4v) is 6.95. The zero-order chi connectivity index (χ0) is 30.7. The first kappa shape index (κ1) is 33.4. The fourth-order valence-electron chi connectivity index (χ4n) is 5.36. The molecule has 0 saturated heterocycles. The smallest absolute Gasteiger partial charge is 0.133 e. The van der Waals surface area contributed by atoms with Gasteiger partial charge < -0.3 is 14.4 Å². The van der Waals surface area contributed by atoms with Crippen LogP contribution < -0.4 is 5.19 Å². The molecule has 0 saturated carbocycles. The third-order valence-corrected chi connectivity index (χ3v) is 9.59. The summed E-state index contributed by atoms with van der Waals surface area (Å²) >= 11 is 0. The molecule has 0 amide bonds. The molecule has 6 rings (SSSR count). The zero-order valence-corrected chi connectivity index (χ0v) is 29.9. The number of fused-ring (bicyclic) bond motifs is 3. The van der Waals surface area contributed by atoms with E-state index < -0.39 is 8.07 Å². The quantitative estimate of drug-likeness (QED) is 0.125. The van der Waals surface area contributed by atoms with Gasteiger partial charge in [0, 0.05) is 37.9 Å². The summed E-state index contributed by atoms with van der Waals surface area (Å²) in [5.41, 5.74) is 7.52. The maximum absolute atomic E-state index is 14.2. The molecular formula is C38H39FIrN2OSi-2. The molecule has 0 aliphatic heterocycles. The maximum Gasteiger partial charge on any atom is 0.133 e. The molecule has 44 heavy (non-hydrogen) atoms. The van der Waals surface area contributed by atoms with Crippen LogP contribution in [0.5, 0.6) is 0 Å². The van der Waals surface area contributed by atoms with Crippen molar-refractivity contribution in [2.75, 3.05) is 0 Å². The first-order chi connectivity index (χ1) is 20.5. The van der Waals surface area contributed by atoms with Gasteiger partial charge in [0.1, 0.15) is 11.4 Å². The predicted molar refractivity (Wildman–Crippen MR) is 180 cm³/mol. The summed E-state index contributed by atoms with van der Waals surface area (Å²) in [5.74, 6) is 0.798. The second kappa shape index (κ2) is 14.1. The molecule has 0 aliphatic rings. The molecule has 0 bridgehead atoms. The van der Waals surface area contributed by atoms with Gasteiger partial charge in [-0.3, -0.25) is 0 Å². The molecule has 0 N–H and O–H groups in total. The van der Waals surface area contributed by atoms with Crippen molar-refractivity contribution < 1.29 is 28.9 Å². The van der Waals surface area contributed by atoms with Crippen molar-refractivity contribution in [3.8, 4) is 22.5 Å². The summed E-state index contributed by atoms with van der Waals surface area (Å²) < 4.78 is 20.1. The van der Waals surface area contributed by atoms with Crippen molar-refractivity contribution >= 4 is 35.2 Å². The first-order valence-electron chi connectivity index (χ1n) is 15.0. The molecule has 3 aromatic heterocycles. The summed E-state index contributed by atoms with van der Waals surface area (Å²) in [7, 11) is -1.34. The van der Waals surface area contributed by atoms with Crippen LogP contribution in [-0.4, -0.2) is 18.0 Å². The van der Waals surface area contributed by atoms with Crippen LogP contribution in [0.15, 0.2) is 89.6 Å². The van der Waals surface area contributed by atoms with E-state index in [1.165, 1.54) is 22.4 Å². The van der Waals surface area contributed by atoms with Gasteiger partial charge >= 0.3 is 0 Å². The molecule has 1 radical (unpaired) electrons. The van der Waals surface area contributed by atoms with Crippen LogP contribution in [0.3, 0.4) is 0 Å². The number of hydrogen-bond acceptors (Lipinski definition) is 3. The summed E-state index contributed by atoms with van der Waals surface area (Å²) in [5, 5.41) is 2.76. The van der Waals surface area contributed by atoms with Crippen molar-refractivity contribution in [2.24, 2.45) is 5.92 Å². The molecule has 3 nitrogen and oxygen atoms in total.